The van der Waals surface area contributed by atoms with Crippen molar-refractivity contribution in [2.75, 3.05) is 65.3 Å². The quantitative estimate of drug-likeness (QED) is 0.257. The predicted molar refractivity (Wildman–Crippen MR) is 165 cm³/mol. The summed E-state index contributed by atoms with van der Waals surface area (Å²) in [5, 5.41) is 6.82. The third-order valence-electron chi connectivity index (χ3n) is 7.04. The van der Waals surface area contributed by atoms with Gasteiger partial charge in [-0.25, -0.2) is 4.79 Å². The molecule has 0 radical (unpaired) electrons. The number of rotatable bonds is 11. The van der Waals surface area contributed by atoms with Crippen LogP contribution in [-0.2, 0) is 0 Å². The van der Waals surface area contributed by atoms with Crippen LogP contribution in [0.5, 0.6) is 23.0 Å². The Bertz CT molecular complexity index is 1320. The van der Waals surface area contributed by atoms with Crippen molar-refractivity contribution in [3.8, 4) is 23.0 Å². The van der Waals surface area contributed by atoms with Crippen molar-refractivity contribution in [3.63, 3.8) is 0 Å². The lowest BCUT2D eigenvalue weighted by Gasteiger charge is -2.32. The van der Waals surface area contributed by atoms with Gasteiger partial charge in [0, 0.05) is 63.0 Å². The van der Waals surface area contributed by atoms with Crippen molar-refractivity contribution in [1.29, 1.82) is 0 Å². The molecule has 1 saturated heterocycles. The molecule has 1 aromatic heterocycles. The van der Waals surface area contributed by atoms with Crippen LogP contribution in [0.1, 0.15) is 33.6 Å². The molecule has 4 rings (SSSR count). The van der Waals surface area contributed by atoms with Crippen LogP contribution in [0.25, 0.3) is 10.9 Å². The maximum Gasteiger partial charge on any atom is 0.319 e. The highest BCUT2D eigenvalue weighted by atomic mass is 35.5. The number of carbonyl (C=O) groups excluding carboxylic acids is 1. The van der Waals surface area contributed by atoms with Crippen molar-refractivity contribution >= 4 is 34.2 Å². The predicted octanol–water partition coefficient (Wildman–Crippen LogP) is 6.26. The second-order valence-corrected chi connectivity index (χ2v) is 12.0. The minimum absolute atomic E-state index is 0.143. The largest absolute Gasteiger partial charge is 0.493 e. The molecular weight excluding hydrogens is 542 g/mol. The van der Waals surface area contributed by atoms with Crippen LogP contribution in [0.4, 0.5) is 10.5 Å². The summed E-state index contributed by atoms with van der Waals surface area (Å²) in [5.41, 5.74) is 1.38. The number of pyridine rings is 1. The van der Waals surface area contributed by atoms with E-state index in [-0.39, 0.29) is 11.4 Å². The number of fused-ring (bicyclic) bond motifs is 1. The Labute approximate surface area is 248 Å². The summed E-state index contributed by atoms with van der Waals surface area (Å²) in [7, 11) is 3.79. The minimum Gasteiger partial charge on any atom is -0.493 e. The number of nitrogens with one attached hydrogen (secondary N) is 2. The molecule has 222 valence electrons. The van der Waals surface area contributed by atoms with Crippen LogP contribution in [-0.4, -0.2) is 80.8 Å². The first kappa shape index (κ1) is 30.7. The maximum absolute atomic E-state index is 12.3. The van der Waals surface area contributed by atoms with Crippen LogP contribution in [0.15, 0.2) is 42.6 Å². The minimum atomic E-state index is -0.297. The molecule has 2 aromatic carbocycles. The topological polar surface area (TPSA) is 88.2 Å². The monoisotopic (exact) mass is 583 g/mol. The van der Waals surface area contributed by atoms with E-state index in [4.69, 9.17) is 25.8 Å². The van der Waals surface area contributed by atoms with E-state index in [0.717, 1.165) is 56.5 Å². The fourth-order valence-electron chi connectivity index (χ4n) is 4.54. The second-order valence-electron chi connectivity index (χ2n) is 11.6. The number of amides is 2. The number of benzene rings is 2. The molecule has 0 bridgehead atoms. The molecule has 0 saturated carbocycles. The van der Waals surface area contributed by atoms with Crippen LogP contribution in [0.3, 0.4) is 0 Å². The summed E-state index contributed by atoms with van der Waals surface area (Å²) >= 11 is 6.47. The average Bonchev–Trinajstić information content (AvgIpc) is 2.92. The Morgan fingerprint density at radius 2 is 1.83 bits per heavy atom. The first-order valence-corrected chi connectivity index (χ1v) is 14.5. The van der Waals surface area contributed by atoms with Crippen molar-refractivity contribution in [1.82, 2.24) is 20.1 Å². The van der Waals surface area contributed by atoms with Crippen molar-refractivity contribution in [3.05, 3.63) is 47.6 Å². The van der Waals surface area contributed by atoms with Gasteiger partial charge >= 0.3 is 6.03 Å². The van der Waals surface area contributed by atoms with Gasteiger partial charge in [0.15, 0.2) is 11.5 Å². The SMILES string of the molecule is COc1cc2c(Oc3ccc(NC(=O)NCCC(C)(C)C)c(Cl)c3)ccnc2cc1OCCCN1CCN(C)CC1. The normalized spacial score (nSPS) is 14.6. The Morgan fingerprint density at radius 1 is 1.05 bits per heavy atom. The van der Waals surface area contributed by atoms with E-state index in [1.165, 1.54) is 0 Å². The number of hydrogen-bond acceptors (Lipinski definition) is 7. The van der Waals surface area contributed by atoms with E-state index in [1.54, 1.807) is 37.6 Å². The van der Waals surface area contributed by atoms with E-state index in [9.17, 15) is 4.79 Å². The molecule has 0 aliphatic carbocycles. The molecule has 3 aromatic rings. The zero-order chi connectivity index (χ0) is 29.4. The van der Waals surface area contributed by atoms with Gasteiger partial charge in [0.05, 0.1) is 29.9 Å². The Morgan fingerprint density at radius 3 is 2.54 bits per heavy atom. The molecular formula is C31H42ClN5O4. The summed E-state index contributed by atoms with van der Waals surface area (Å²) in [6, 6.07) is 10.4. The fraction of sp³-hybridized carbons (Fsp3) is 0.484. The van der Waals surface area contributed by atoms with E-state index < -0.39 is 0 Å². The standard InChI is InChI=1S/C31H42ClN5O4/c1-31(2,3)10-12-34-30(38)35-25-8-7-22(19-24(25)32)41-27-9-11-33-26-21-29(28(39-5)20-23(26)27)40-18-6-13-37-16-14-36(4)15-17-37/h7-9,11,19-21H,6,10,12-18H2,1-5H3,(H2,34,35,38). The number of anilines is 1. The molecule has 2 N–H and O–H groups in total. The Balaban J connectivity index is 1.38. The number of halogens is 1. The molecule has 1 fully saturated rings. The summed E-state index contributed by atoms with van der Waals surface area (Å²) < 4.78 is 17.9. The number of methoxy groups -OCH3 is 1. The number of carbonyl (C=O) groups is 1. The van der Waals surface area contributed by atoms with Gasteiger partial charge in [-0.15, -0.1) is 0 Å². The molecule has 0 unspecified atom stereocenters. The Hall–Kier alpha value is -3.27. The number of piperazine rings is 1. The smallest absolute Gasteiger partial charge is 0.319 e. The third kappa shape index (κ3) is 9.11. The van der Waals surface area contributed by atoms with Gasteiger partial charge in [0.1, 0.15) is 11.5 Å². The summed E-state index contributed by atoms with van der Waals surface area (Å²) in [5.74, 6) is 2.41. The van der Waals surface area contributed by atoms with Gasteiger partial charge < -0.3 is 34.6 Å². The number of likely N-dealkylation sites (N-methyl/N-ethyl adjacent to an activating group) is 1. The zero-order valence-electron chi connectivity index (χ0n) is 24.8. The van der Waals surface area contributed by atoms with E-state index in [0.29, 0.717) is 46.9 Å². The van der Waals surface area contributed by atoms with E-state index >= 15 is 0 Å². The summed E-state index contributed by atoms with van der Waals surface area (Å²) in [6.45, 7) is 13.0. The number of ether oxygens (including phenoxy) is 3. The number of hydrogen-bond donors (Lipinski definition) is 2. The molecule has 0 spiro atoms. The molecule has 2 heterocycles. The number of urea groups is 1. The first-order valence-electron chi connectivity index (χ1n) is 14.1. The van der Waals surface area contributed by atoms with Gasteiger partial charge in [0.2, 0.25) is 0 Å². The summed E-state index contributed by atoms with van der Waals surface area (Å²) in [6.07, 6.45) is 3.50. The van der Waals surface area contributed by atoms with Gasteiger partial charge in [-0.2, -0.15) is 0 Å². The van der Waals surface area contributed by atoms with Gasteiger partial charge in [0.25, 0.3) is 0 Å². The highest BCUT2D eigenvalue weighted by Gasteiger charge is 2.16. The van der Waals surface area contributed by atoms with Crippen LogP contribution in [0, 0.1) is 5.41 Å². The summed E-state index contributed by atoms with van der Waals surface area (Å²) in [4.78, 5) is 21.6. The molecule has 9 nitrogen and oxygen atoms in total. The van der Waals surface area contributed by atoms with Gasteiger partial charge in [-0.1, -0.05) is 32.4 Å². The third-order valence-corrected chi connectivity index (χ3v) is 7.35. The molecule has 2 amide bonds. The second kappa shape index (κ2) is 14.1. The van der Waals surface area contributed by atoms with Crippen molar-refractivity contribution < 1.29 is 19.0 Å². The lowest BCUT2D eigenvalue weighted by molar-refractivity contribution is 0.145. The van der Waals surface area contributed by atoms with E-state index in [2.05, 4.69) is 53.2 Å². The molecule has 0 atom stereocenters. The molecule has 1 aliphatic rings. The number of aromatic nitrogens is 1. The van der Waals surface area contributed by atoms with Crippen LogP contribution < -0.4 is 24.8 Å². The van der Waals surface area contributed by atoms with Crippen molar-refractivity contribution in [2.45, 2.75) is 33.6 Å². The van der Waals surface area contributed by atoms with Gasteiger partial charge in [-0.3, -0.25) is 4.98 Å². The number of nitrogens with zero attached hydrogens (tertiary/aromatic N) is 3. The first-order chi connectivity index (χ1) is 19.6. The van der Waals surface area contributed by atoms with Crippen LogP contribution in [0.2, 0.25) is 5.02 Å². The maximum atomic E-state index is 12.3. The molecule has 10 heteroatoms. The lowest BCUT2D eigenvalue weighted by atomic mass is 9.92. The van der Waals surface area contributed by atoms with E-state index in [1.807, 2.05) is 12.1 Å². The van der Waals surface area contributed by atoms with Gasteiger partial charge in [-0.05, 0) is 49.6 Å². The Kier molecular flexibility index (Phi) is 10.5. The van der Waals surface area contributed by atoms with Crippen LogP contribution >= 0.6 is 11.6 Å². The highest BCUT2D eigenvalue weighted by Crippen LogP contribution is 2.38. The van der Waals surface area contributed by atoms with Crippen molar-refractivity contribution in [2.24, 2.45) is 5.41 Å². The zero-order valence-corrected chi connectivity index (χ0v) is 25.5. The highest BCUT2D eigenvalue weighted by molar-refractivity contribution is 6.33. The molecule has 1 aliphatic heterocycles. The fourth-order valence-corrected chi connectivity index (χ4v) is 4.75. The average molecular weight is 584 g/mol. The molecule has 41 heavy (non-hydrogen) atoms. The lowest BCUT2D eigenvalue weighted by Crippen LogP contribution is -2.44.